The van der Waals surface area contributed by atoms with Crippen molar-refractivity contribution in [3.63, 3.8) is 0 Å². The average Bonchev–Trinajstić information content (AvgIpc) is 3.14. The van der Waals surface area contributed by atoms with Crippen LogP contribution in [0.15, 0.2) is 30.3 Å². The fourth-order valence-electron chi connectivity index (χ4n) is 3.43. The van der Waals surface area contributed by atoms with Gasteiger partial charge in [0.05, 0.1) is 30.4 Å². The molecule has 0 amide bonds. The van der Waals surface area contributed by atoms with E-state index in [0.717, 1.165) is 0 Å². The van der Waals surface area contributed by atoms with E-state index in [2.05, 4.69) is 0 Å². The molecule has 1 aromatic carbocycles. The Morgan fingerprint density at radius 1 is 1.20 bits per heavy atom. The summed E-state index contributed by atoms with van der Waals surface area (Å²) in [7, 11) is 0. The van der Waals surface area contributed by atoms with Crippen molar-refractivity contribution in [3.8, 4) is 0 Å². The first kappa shape index (κ1) is 13.9. The zero-order valence-electron chi connectivity index (χ0n) is 10.9. The summed E-state index contributed by atoms with van der Waals surface area (Å²) in [6.07, 6.45) is -4.58. The number of hydrogen-bond donors (Lipinski definition) is 5. The van der Waals surface area contributed by atoms with Crippen LogP contribution in [0.5, 0.6) is 0 Å². The van der Waals surface area contributed by atoms with E-state index >= 15 is 0 Å². The predicted molar refractivity (Wildman–Crippen MR) is 69.7 cm³/mol. The van der Waals surface area contributed by atoms with Crippen molar-refractivity contribution in [1.29, 1.82) is 0 Å². The van der Waals surface area contributed by atoms with E-state index in [1.807, 2.05) is 6.07 Å². The average molecular weight is 281 g/mol. The number of piperidine rings is 1. The van der Waals surface area contributed by atoms with Gasteiger partial charge >= 0.3 is 0 Å². The van der Waals surface area contributed by atoms with Gasteiger partial charge in [-0.2, -0.15) is 0 Å². The second kappa shape index (κ2) is 4.77. The van der Waals surface area contributed by atoms with Gasteiger partial charge in [0.1, 0.15) is 12.2 Å². The van der Waals surface area contributed by atoms with E-state index in [4.69, 9.17) is 0 Å². The number of fused-ring (bicyclic) bond motifs is 1. The van der Waals surface area contributed by atoms with Crippen molar-refractivity contribution in [3.05, 3.63) is 35.9 Å². The third-order valence-electron chi connectivity index (χ3n) is 4.62. The van der Waals surface area contributed by atoms with Crippen molar-refractivity contribution in [2.24, 2.45) is 0 Å². The number of β-amino-alcohol motifs (C(OH)–C–C–N with tert-alkyl or cyclic N) is 1. The Hall–Kier alpha value is -1.02. The van der Waals surface area contributed by atoms with Gasteiger partial charge in [-0.1, -0.05) is 30.3 Å². The molecule has 2 heterocycles. The van der Waals surface area contributed by atoms with Gasteiger partial charge in [-0.3, -0.25) is 4.90 Å². The van der Waals surface area contributed by atoms with Crippen LogP contribution in [0, 0.1) is 0 Å². The van der Waals surface area contributed by atoms with Crippen molar-refractivity contribution < 1.29 is 25.5 Å². The summed E-state index contributed by atoms with van der Waals surface area (Å²) in [6.45, 7) is -0.264. The quantitative estimate of drug-likeness (QED) is 0.420. The van der Waals surface area contributed by atoms with Gasteiger partial charge in [0.2, 0.25) is 0 Å². The molecule has 1 aromatic rings. The third kappa shape index (κ3) is 1.74. The molecule has 0 bridgehead atoms. The van der Waals surface area contributed by atoms with Crippen molar-refractivity contribution in [1.82, 2.24) is 4.90 Å². The monoisotopic (exact) mass is 281 g/mol. The first-order valence-electron chi connectivity index (χ1n) is 6.69. The lowest BCUT2D eigenvalue weighted by atomic mass is 9.87. The van der Waals surface area contributed by atoms with Crippen LogP contribution in [-0.2, 0) is 0 Å². The summed E-state index contributed by atoms with van der Waals surface area (Å²) in [5, 5.41) is 49.7. The summed E-state index contributed by atoms with van der Waals surface area (Å²) in [6, 6.07) is 8.44. The smallest absolute Gasteiger partial charge is 0.109 e. The molecule has 0 aromatic heterocycles. The Labute approximate surface area is 116 Å². The Bertz CT molecular complexity index is 484. The molecule has 2 aliphatic heterocycles. The minimum atomic E-state index is -1.31. The third-order valence-corrected chi connectivity index (χ3v) is 4.62. The van der Waals surface area contributed by atoms with Gasteiger partial charge in [-0.25, -0.2) is 0 Å². The summed E-state index contributed by atoms with van der Waals surface area (Å²) in [5.74, 6) is 0. The molecule has 2 saturated heterocycles. The molecule has 2 fully saturated rings. The molecule has 0 spiro atoms. The molecule has 110 valence electrons. The summed E-state index contributed by atoms with van der Waals surface area (Å²) < 4.78 is 0. The fourth-order valence-corrected chi connectivity index (χ4v) is 3.43. The number of hydrogen-bond acceptors (Lipinski definition) is 6. The second-order valence-corrected chi connectivity index (χ2v) is 5.60. The molecule has 3 rings (SSSR count). The predicted octanol–water partition coefficient (Wildman–Crippen LogP) is -1.77. The SMILES string of the molecule is OC[C@]12[C@@H](O)[C@H](O)[C@@H](O)CN1[C@@H]2[C@@H](O)c1ccccc1. The van der Waals surface area contributed by atoms with Crippen LogP contribution in [0.2, 0.25) is 0 Å². The summed E-state index contributed by atoms with van der Waals surface area (Å²) in [4.78, 5) is 1.66. The molecule has 20 heavy (non-hydrogen) atoms. The van der Waals surface area contributed by atoms with Crippen LogP contribution in [0.1, 0.15) is 11.7 Å². The Morgan fingerprint density at radius 3 is 2.45 bits per heavy atom. The molecule has 7 atom stereocenters. The minimum Gasteiger partial charge on any atom is -0.394 e. The number of benzene rings is 1. The molecule has 6 heteroatoms. The van der Waals surface area contributed by atoms with Gasteiger partial charge in [0.15, 0.2) is 0 Å². The van der Waals surface area contributed by atoms with Gasteiger partial charge < -0.3 is 25.5 Å². The lowest BCUT2D eigenvalue weighted by Crippen LogP contribution is -2.57. The van der Waals surface area contributed by atoms with E-state index in [-0.39, 0.29) is 13.2 Å². The number of nitrogens with zero attached hydrogens (tertiary/aromatic N) is 1. The van der Waals surface area contributed by atoms with Crippen molar-refractivity contribution in [2.75, 3.05) is 13.2 Å². The van der Waals surface area contributed by atoms with Crippen LogP contribution in [0.4, 0.5) is 0 Å². The zero-order chi connectivity index (χ0) is 14.5. The highest BCUT2D eigenvalue weighted by Gasteiger charge is 2.73. The van der Waals surface area contributed by atoms with E-state index in [1.54, 1.807) is 29.2 Å². The number of aliphatic hydroxyl groups excluding tert-OH is 5. The Morgan fingerprint density at radius 2 is 1.85 bits per heavy atom. The molecule has 1 unspecified atom stereocenters. The Balaban J connectivity index is 1.89. The van der Waals surface area contributed by atoms with Gasteiger partial charge in [0.25, 0.3) is 0 Å². The van der Waals surface area contributed by atoms with Gasteiger partial charge in [0, 0.05) is 6.54 Å². The van der Waals surface area contributed by atoms with Crippen LogP contribution in [0.25, 0.3) is 0 Å². The van der Waals surface area contributed by atoms with Crippen LogP contribution < -0.4 is 0 Å². The molecular formula is C14H19NO5. The maximum absolute atomic E-state index is 10.5. The van der Waals surface area contributed by atoms with Gasteiger partial charge in [-0.15, -0.1) is 0 Å². The molecule has 6 nitrogen and oxygen atoms in total. The maximum atomic E-state index is 10.5. The van der Waals surface area contributed by atoms with E-state index in [9.17, 15) is 25.5 Å². The molecule has 0 saturated carbocycles. The normalized spacial score (nSPS) is 44.8. The maximum Gasteiger partial charge on any atom is 0.109 e. The van der Waals surface area contributed by atoms with Crippen molar-refractivity contribution >= 4 is 0 Å². The van der Waals surface area contributed by atoms with E-state index < -0.39 is 36.0 Å². The molecule has 0 aliphatic carbocycles. The van der Waals surface area contributed by atoms with E-state index in [0.29, 0.717) is 5.56 Å². The highest BCUT2D eigenvalue weighted by atomic mass is 16.4. The lowest BCUT2D eigenvalue weighted by molar-refractivity contribution is -0.115. The molecule has 2 aliphatic rings. The van der Waals surface area contributed by atoms with Crippen LogP contribution >= 0.6 is 0 Å². The fraction of sp³-hybridized carbons (Fsp3) is 0.571. The first-order valence-corrected chi connectivity index (χ1v) is 6.69. The van der Waals surface area contributed by atoms with Crippen molar-refractivity contribution in [2.45, 2.75) is 36.0 Å². The molecular weight excluding hydrogens is 262 g/mol. The molecule has 5 N–H and O–H groups in total. The van der Waals surface area contributed by atoms with Crippen LogP contribution in [0.3, 0.4) is 0 Å². The summed E-state index contributed by atoms with van der Waals surface area (Å²) in [5.41, 5.74) is -0.399. The largest absolute Gasteiger partial charge is 0.394 e. The lowest BCUT2D eigenvalue weighted by Gasteiger charge is -2.34. The standard InChI is InChI=1S/C14H19NO5/c16-7-14-12(10(18)8-4-2-1-3-5-8)15(14)6-9(17)11(19)13(14)20/h1-5,9-13,16-20H,6-7H2/t9-,10-,11+,12+,13-,14-,15?/m0/s1. The Kier molecular flexibility index (Phi) is 3.32. The van der Waals surface area contributed by atoms with Gasteiger partial charge in [-0.05, 0) is 5.56 Å². The minimum absolute atomic E-state index is 0.118. The number of aliphatic hydroxyl groups is 5. The van der Waals surface area contributed by atoms with Crippen LogP contribution in [-0.4, -0.2) is 73.5 Å². The zero-order valence-corrected chi connectivity index (χ0v) is 10.9. The highest BCUT2D eigenvalue weighted by molar-refractivity contribution is 5.32. The van der Waals surface area contributed by atoms with E-state index in [1.165, 1.54) is 0 Å². The highest BCUT2D eigenvalue weighted by Crippen LogP contribution is 2.53. The first-order chi connectivity index (χ1) is 9.54. The second-order valence-electron chi connectivity index (χ2n) is 5.60. The molecule has 0 radical (unpaired) electrons. The summed E-state index contributed by atoms with van der Waals surface area (Å²) >= 11 is 0. The topological polar surface area (TPSA) is 104 Å². The number of rotatable bonds is 3.